The van der Waals surface area contributed by atoms with E-state index in [0.717, 1.165) is 23.3 Å². The van der Waals surface area contributed by atoms with Crippen molar-refractivity contribution in [3.05, 3.63) is 88.2 Å². The Hall–Kier alpha value is -3.00. The first-order valence-corrected chi connectivity index (χ1v) is 9.43. The molecule has 1 aromatic heterocycles. The van der Waals surface area contributed by atoms with Crippen LogP contribution in [0.25, 0.3) is 11.1 Å². The summed E-state index contributed by atoms with van der Waals surface area (Å²) in [4.78, 5) is 15.9. The molecule has 1 heterocycles. The van der Waals surface area contributed by atoms with Crippen molar-refractivity contribution in [2.24, 2.45) is 0 Å². The number of amides is 1. The Morgan fingerprint density at radius 1 is 1.03 bits per heavy atom. The van der Waals surface area contributed by atoms with Gasteiger partial charge in [-0.2, -0.15) is 22.0 Å². The SMILES string of the molecule is Cc1ccccc1-c1cnc(C(F)(F)CNC(=O)c2ccccc2C(F)(F)F)c(Cl)c1. The molecule has 1 N–H and O–H groups in total. The largest absolute Gasteiger partial charge is 0.417 e. The third-order valence-electron chi connectivity index (χ3n) is 4.59. The van der Waals surface area contributed by atoms with Gasteiger partial charge in [0.25, 0.3) is 5.91 Å². The Balaban J connectivity index is 1.80. The van der Waals surface area contributed by atoms with Crippen molar-refractivity contribution >= 4 is 17.5 Å². The summed E-state index contributed by atoms with van der Waals surface area (Å²) in [6.07, 6.45) is -3.56. The van der Waals surface area contributed by atoms with Crippen LogP contribution in [-0.4, -0.2) is 17.4 Å². The number of rotatable bonds is 5. The van der Waals surface area contributed by atoms with Crippen LogP contribution in [0.2, 0.25) is 5.02 Å². The number of hydrogen-bond donors (Lipinski definition) is 1. The summed E-state index contributed by atoms with van der Waals surface area (Å²) >= 11 is 6.03. The number of benzene rings is 2. The highest BCUT2D eigenvalue weighted by Gasteiger charge is 2.38. The fraction of sp³-hybridized carbons (Fsp3) is 0.182. The normalized spacial score (nSPS) is 12.0. The molecule has 0 spiro atoms. The van der Waals surface area contributed by atoms with Gasteiger partial charge in [-0.3, -0.25) is 9.78 Å². The minimum absolute atomic E-state index is 0.323. The Bertz CT molecular complexity index is 1120. The third kappa shape index (κ3) is 5.02. The number of nitrogens with one attached hydrogen (secondary N) is 1. The summed E-state index contributed by atoms with van der Waals surface area (Å²) in [7, 11) is 0. The molecule has 0 bridgehead atoms. The summed E-state index contributed by atoms with van der Waals surface area (Å²) in [6.45, 7) is 0.578. The topological polar surface area (TPSA) is 42.0 Å². The molecule has 0 saturated heterocycles. The molecular formula is C22H16ClF5N2O. The van der Waals surface area contributed by atoms with Gasteiger partial charge in [-0.15, -0.1) is 0 Å². The van der Waals surface area contributed by atoms with Gasteiger partial charge in [0.15, 0.2) is 0 Å². The molecule has 1 amide bonds. The van der Waals surface area contributed by atoms with E-state index in [0.29, 0.717) is 11.6 Å². The third-order valence-corrected chi connectivity index (χ3v) is 4.88. The monoisotopic (exact) mass is 454 g/mol. The number of alkyl halides is 5. The average Bonchev–Trinajstić information content (AvgIpc) is 2.71. The van der Waals surface area contributed by atoms with Crippen LogP contribution in [0.15, 0.2) is 60.8 Å². The highest BCUT2D eigenvalue weighted by molar-refractivity contribution is 6.31. The molecule has 0 radical (unpaired) electrons. The van der Waals surface area contributed by atoms with Crippen LogP contribution in [0.5, 0.6) is 0 Å². The van der Waals surface area contributed by atoms with Crippen molar-refractivity contribution < 1.29 is 26.7 Å². The Labute approximate surface area is 179 Å². The van der Waals surface area contributed by atoms with Gasteiger partial charge in [0.05, 0.1) is 22.7 Å². The van der Waals surface area contributed by atoms with Crippen LogP contribution < -0.4 is 5.32 Å². The average molecular weight is 455 g/mol. The summed E-state index contributed by atoms with van der Waals surface area (Å²) in [6, 6.07) is 12.5. The van der Waals surface area contributed by atoms with Crippen molar-refractivity contribution in [2.75, 3.05) is 6.54 Å². The van der Waals surface area contributed by atoms with Crippen LogP contribution >= 0.6 is 11.6 Å². The number of aryl methyl sites for hydroxylation is 1. The van der Waals surface area contributed by atoms with Crippen molar-refractivity contribution in [3.8, 4) is 11.1 Å². The van der Waals surface area contributed by atoms with Gasteiger partial charge in [0.1, 0.15) is 5.69 Å². The first-order chi connectivity index (χ1) is 14.5. The van der Waals surface area contributed by atoms with Crippen LogP contribution in [0, 0.1) is 6.92 Å². The zero-order valence-electron chi connectivity index (χ0n) is 16.1. The van der Waals surface area contributed by atoms with Gasteiger partial charge in [-0.25, -0.2) is 0 Å². The smallest absolute Gasteiger partial charge is 0.346 e. The van der Waals surface area contributed by atoms with E-state index in [1.807, 2.05) is 24.4 Å². The van der Waals surface area contributed by atoms with Gasteiger partial charge < -0.3 is 5.32 Å². The highest BCUT2D eigenvalue weighted by atomic mass is 35.5. The number of carbonyl (C=O) groups is 1. The van der Waals surface area contributed by atoms with Crippen LogP contribution in [0.4, 0.5) is 22.0 Å². The molecule has 162 valence electrons. The van der Waals surface area contributed by atoms with Crippen molar-refractivity contribution in [3.63, 3.8) is 0 Å². The van der Waals surface area contributed by atoms with Crippen LogP contribution in [0.3, 0.4) is 0 Å². The molecule has 0 fully saturated rings. The van der Waals surface area contributed by atoms with Crippen LogP contribution in [0.1, 0.15) is 27.2 Å². The molecule has 3 rings (SSSR count). The first-order valence-electron chi connectivity index (χ1n) is 9.05. The second-order valence-corrected chi connectivity index (χ2v) is 7.21. The molecule has 31 heavy (non-hydrogen) atoms. The fourth-order valence-electron chi connectivity index (χ4n) is 3.05. The van der Waals surface area contributed by atoms with Crippen molar-refractivity contribution in [2.45, 2.75) is 19.0 Å². The second kappa shape index (κ2) is 8.63. The van der Waals surface area contributed by atoms with E-state index in [-0.39, 0.29) is 5.02 Å². The van der Waals surface area contributed by atoms with E-state index >= 15 is 0 Å². The van der Waals surface area contributed by atoms with Crippen molar-refractivity contribution in [1.82, 2.24) is 10.3 Å². The Morgan fingerprint density at radius 3 is 2.32 bits per heavy atom. The maximum atomic E-state index is 14.7. The number of aromatic nitrogens is 1. The lowest BCUT2D eigenvalue weighted by molar-refractivity contribution is -0.137. The predicted octanol–water partition coefficient (Wildman–Crippen LogP) is 6.25. The zero-order valence-corrected chi connectivity index (χ0v) is 16.9. The molecule has 0 atom stereocenters. The Morgan fingerprint density at radius 2 is 1.68 bits per heavy atom. The minimum atomic E-state index is -4.80. The van der Waals surface area contributed by atoms with E-state index < -0.39 is 41.4 Å². The highest BCUT2D eigenvalue weighted by Crippen LogP contribution is 2.35. The molecule has 0 saturated carbocycles. The summed E-state index contributed by atoms with van der Waals surface area (Å²) in [5, 5.41) is 1.52. The number of carbonyl (C=O) groups excluding carboxylic acids is 1. The van der Waals surface area contributed by atoms with E-state index in [2.05, 4.69) is 4.98 Å². The number of nitrogens with zero attached hydrogens (tertiary/aromatic N) is 1. The molecule has 0 aliphatic heterocycles. The summed E-state index contributed by atoms with van der Waals surface area (Å²) in [5.41, 5.74) is -0.546. The van der Waals surface area contributed by atoms with Gasteiger partial charge in [-0.1, -0.05) is 48.0 Å². The molecule has 9 heteroatoms. The van der Waals surface area contributed by atoms with Gasteiger partial charge >= 0.3 is 12.1 Å². The second-order valence-electron chi connectivity index (χ2n) is 6.80. The number of pyridine rings is 1. The zero-order chi connectivity index (χ0) is 22.8. The maximum Gasteiger partial charge on any atom is 0.417 e. The fourth-order valence-corrected chi connectivity index (χ4v) is 3.35. The molecule has 2 aromatic carbocycles. The maximum absolute atomic E-state index is 14.7. The lowest BCUT2D eigenvalue weighted by Crippen LogP contribution is -2.36. The molecule has 3 aromatic rings. The molecular weight excluding hydrogens is 439 g/mol. The minimum Gasteiger partial charge on any atom is -0.346 e. The first kappa shape index (κ1) is 22.7. The van der Waals surface area contributed by atoms with Crippen LogP contribution in [-0.2, 0) is 12.1 Å². The molecule has 0 aliphatic carbocycles. The lowest BCUT2D eigenvalue weighted by Gasteiger charge is -2.19. The Kier molecular flexibility index (Phi) is 6.31. The lowest BCUT2D eigenvalue weighted by atomic mass is 10.0. The van der Waals surface area contributed by atoms with Gasteiger partial charge in [0, 0.05) is 11.8 Å². The van der Waals surface area contributed by atoms with Gasteiger partial charge in [-0.05, 0) is 36.2 Å². The molecule has 0 aliphatic rings. The summed E-state index contributed by atoms with van der Waals surface area (Å²) in [5.74, 6) is -4.98. The summed E-state index contributed by atoms with van der Waals surface area (Å²) < 4.78 is 68.5. The molecule has 0 unspecified atom stereocenters. The number of hydrogen-bond acceptors (Lipinski definition) is 2. The van der Waals surface area contributed by atoms with Gasteiger partial charge in [0.2, 0.25) is 0 Å². The van der Waals surface area contributed by atoms with E-state index in [4.69, 9.17) is 11.6 Å². The standard InChI is InChI=1S/C22H16ClF5N2O/c1-13-6-2-3-7-15(13)14-10-18(23)19(29-11-14)21(24,25)12-30-20(31)16-8-4-5-9-17(16)22(26,27)28/h2-11H,12H2,1H3,(H,30,31). The number of halogens is 6. The van der Waals surface area contributed by atoms with E-state index in [1.165, 1.54) is 18.3 Å². The quantitative estimate of drug-likeness (QED) is 0.463. The van der Waals surface area contributed by atoms with E-state index in [9.17, 15) is 26.7 Å². The predicted molar refractivity (Wildman–Crippen MR) is 107 cm³/mol. The van der Waals surface area contributed by atoms with E-state index in [1.54, 1.807) is 12.1 Å². The molecule has 3 nitrogen and oxygen atoms in total. The van der Waals surface area contributed by atoms with Crippen molar-refractivity contribution in [1.29, 1.82) is 0 Å².